The van der Waals surface area contributed by atoms with Crippen molar-refractivity contribution in [2.24, 2.45) is 0 Å². The van der Waals surface area contributed by atoms with Crippen LogP contribution < -0.4 is 5.56 Å². The van der Waals surface area contributed by atoms with E-state index in [-0.39, 0.29) is 51.5 Å². The molecule has 0 bridgehead atoms. The molecule has 1 radical (unpaired) electrons. The number of Topliss-reactive ketones (excluding diaryl/α,β-unsaturated/α-hetero) is 1. The van der Waals surface area contributed by atoms with Crippen molar-refractivity contribution in [3.8, 4) is 0 Å². The molecule has 0 saturated carbocycles. The monoisotopic (exact) mass is 388 g/mol. The van der Waals surface area contributed by atoms with Crippen LogP contribution in [-0.2, 0) is 43.9 Å². The van der Waals surface area contributed by atoms with Crippen molar-refractivity contribution < 1.29 is 37.5 Å². The topological polar surface area (TPSA) is 49.9 Å². The number of aromatic nitrogens is 1. The van der Waals surface area contributed by atoms with Crippen LogP contribution in [0.4, 0.5) is 0 Å². The Morgan fingerprint density at radius 2 is 1.36 bits per heavy atom. The Hall–Kier alpha value is -0.276. The van der Waals surface area contributed by atoms with Gasteiger partial charge in [0.25, 0.3) is 5.56 Å². The predicted molar refractivity (Wildman–Crippen MR) is 96.3 cm³/mol. The van der Waals surface area contributed by atoms with E-state index >= 15 is 0 Å². The van der Waals surface area contributed by atoms with Gasteiger partial charge >= 0.3 is 0 Å². The van der Waals surface area contributed by atoms with E-state index < -0.39 is 0 Å². The summed E-state index contributed by atoms with van der Waals surface area (Å²) < 4.78 is 0. The van der Waals surface area contributed by atoms with Crippen LogP contribution in [0.25, 0.3) is 0 Å². The first-order chi connectivity index (χ1) is 9.31. The average Bonchev–Trinajstić information content (AvgIpc) is 2.39. The molecule has 0 aliphatic rings. The number of pyridine rings is 1. The molecule has 0 atom stereocenters. The molecule has 1 N–H and O–H groups in total. The SMILES string of the molecule is C.CC.CC(C)=O.CCC.CCc1c[nH]c(=O)c(C)c1C.[Y]. The van der Waals surface area contributed by atoms with Crippen molar-refractivity contribution in [2.45, 2.75) is 82.6 Å². The summed E-state index contributed by atoms with van der Waals surface area (Å²) in [6.07, 6.45) is 4.02. The minimum atomic E-state index is 0. The number of ketones is 1. The van der Waals surface area contributed by atoms with Crippen LogP contribution >= 0.6 is 0 Å². The third-order valence-corrected chi connectivity index (χ3v) is 2.14. The maximum Gasteiger partial charge on any atom is 0.251 e. The largest absolute Gasteiger partial charge is 0.329 e. The van der Waals surface area contributed by atoms with Gasteiger partial charge in [-0.05, 0) is 45.2 Å². The first-order valence-electron chi connectivity index (χ1n) is 7.46. The molecule has 3 nitrogen and oxygen atoms in total. The normalized spacial score (nSPS) is 7.32. The van der Waals surface area contributed by atoms with Gasteiger partial charge in [-0.1, -0.05) is 48.5 Å². The summed E-state index contributed by atoms with van der Waals surface area (Å²) >= 11 is 0. The molecule has 1 aromatic rings. The van der Waals surface area contributed by atoms with Crippen LogP contribution in [0.1, 0.15) is 79.0 Å². The standard InChI is InChI=1S/C9H13NO.C3H6O.C3H8.C2H6.CH4.Y/c1-4-8-5-10-9(11)7(3)6(8)2;1-3(2)4;1-3-2;1-2;;/h5H,4H2,1-3H3,(H,10,11);1-2H3;3H2,1-2H3;1-2H3;1H4;. The molecule has 0 amide bonds. The molecular weight excluding hydrogens is 351 g/mol. The van der Waals surface area contributed by atoms with Gasteiger partial charge in [-0.15, -0.1) is 0 Å². The van der Waals surface area contributed by atoms with Crippen LogP contribution in [0, 0.1) is 13.8 Å². The maximum absolute atomic E-state index is 11.1. The van der Waals surface area contributed by atoms with E-state index in [2.05, 4.69) is 25.8 Å². The minimum absolute atomic E-state index is 0. The molecule has 0 saturated heterocycles. The zero-order valence-corrected chi connectivity index (χ0v) is 18.2. The second-order valence-corrected chi connectivity index (χ2v) is 4.36. The van der Waals surface area contributed by atoms with E-state index in [0.29, 0.717) is 0 Å². The molecule has 4 heteroatoms. The fraction of sp³-hybridized carbons (Fsp3) is 0.667. The van der Waals surface area contributed by atoms with E-state index in [9.17, 15) is 9.59 Å². The Bertz CT molecular complexity index is 408. The van der Waals surface area contributed by atoms with Crippen LogP contribution in [0.2, 0.25) is 0 Å². The molecule has 0 unspecified atom stereocenters. The van der Waals surface area contributed by atoms with Crippen LogP contribution in [0.3, 0.4) is 0 Å². The molecule has 1 rings (SSSR count). The summed E-state index contributed by atoms with van der Waals surface area (Å²) in [6, 6.07) is 0. The van der Waals surface area contributed by atoms with Crippen molar-refractivity contribution >= 4 is 5.78 Å². The van der Waals surface area contributed by atoms with E-state index in [1.807, 2.05) is 27.7 Å². The van der Waals surface area contributed by atoms with Gasteiger partial charge < -0.3 is 9.78 Å². The molecule has 0 aliphatic heterocycles. The number of H-pyrrole nitrogens is 1. The summed E-state index contributed by atoms with van der Waals surface area (Å²) in [6.45, 7) is 17.2. The number of carbonyl (C=O) groups excluding carboxylic acids is 1. The minimum Gasteiger partial charge on any atom is -0.329 e. The predicted octanol–water partition coefficient (Wildman–Crippen LogP) is 5.23. The van der Waals surface area contributed by atoms with Crippen molar-refractivity contribution in [2.75, 3.05) is 0 Å². The Labute approximate surface area is 163 Å². The zero-order valence-electron chi connectivity index (χ0n) is 15.4. The third-order valence-electron chi connectivity index (χ3n) is 2.14. The number of aromatic amines is 1. The number of carbonyl (C=O) groups is 1. The Balaban J connectivity index is -0.0000000749. The van der Waals surface area contributed by atoms with Gasteiger partial charge in [-0.3, -0.25) is 4.79 Å². The average molecular weight is 388 g/mol. The fourth-order valence-electron chi connectivity index (χ4n) is 1.15. The molecule has 1 aromatic heterocycles. The van der Waals surface area contributed by atoms with E-state index in [1.165, 1.54) is 25.8 Å². The molecule has 0 fully saturated rings. The summed E-state index contributed by atoms with van der Waals surface area (Å²) in [4.78, 5) is 23.2. The van der Waals surface area contributed by atoms with Gasteiger partial charge in [0.1, 0.15) is 5.78 Å². The van der Waals surface area contributed by atoms with Crippen molar-refractivity contribution in [1.82, 2.24) is 4.98 Å². The second kappa shape index (κ2) is 23.0. The molecular formula is C18H37NO2Y. The number of nitrogens with one attached hydrogen (secondary N) is 1. The maximum atomic E-state index is 11.1. The third kappa shape index (κ3) is 19.7. The fourth-order valence-corrected chi connectivity index (χ4v) is 1.15. The summed E-state index contributed by atoms with van der Waals surface area (Å²) in [5, 5.41) is 0. The Kier molecular flexibility index (Phi) is 34.9. The van der Waals surface area contributed by atoms with Gasteiger partial charge in [-0.2, -0.15) is 0 Å². The number of hydrogen-bond donors (Lipinski definition) is 1. The van der Waals surface area contributed by atoms with Crippen LogP contribution in [-0.4, -0.2) is 10.8 Å². The van der Waals surface area contributed by atoms with Crippen molar-refractivity contribution in [3.63, 3.8) is 0 Å². The van der Waals surface area contributed by atoms with E-state index in [4.69, 9.17) is 0 Å². The number of aryl methyl sites for hydroxylation is 1. The van der Waals surface area contributed by atoms with Crippen LogP contribution in [0.15, 0.2) is 11.0 Å². The summed E-state index contributed by atoms with van der Waals surface area (Å²) in [7, 11) is 0. The first kappa shape index (κ1) is 33.4. The Morgan fingerprint density at radius 1 is 1.05 bits per heavy atom. The van der Waals surface area contributed by atoms with E-state index in [1.54, 1.807) is 6.20 Å². The molecule has 0 aliphatic carbocycles. The van der Waals surface area contributed by atoms with Crippen molar-refractivity contribution in [3.05, 3.63) is 33.2 Å². The second-order valence-electron chi connectivity index (χ2n) is 4.36. The van der Waals surface area contributed by atoms with E-state index in [0.717, 1.165) is 17.5 Å². The Morgan fingerprint density at radius 3 is 1.64 bits per heavy atom. The summed E-state index contributed by atoms with van der Waals surface area (Å²) in [5.41, 5.74) is 3.21. The quantitative estimate of drug-likeness (QED) is 0.717. The molecule has 129 valence electrons. The molecule has 22 heavy (non-hydrogen) atoms. The van der Waals surface area contributed by atoms with Gasteiger partial charge in [-0.25, -0.2) is 0 Å². The van der Waals surface area contributed by atoms with Gasteiger partial charge in [0.05, 0.1) is 0 Å². The number of hydrogen-bond acceptors (Lipinski definition) is 2. The van der Waals surface area contributed by atoms with Gasteiger partial charge in [0, 0.05) is 44.5 Å². The first-order valence-corrected chi connectivity index (χ1v) is 7.46. The smallest absolute Gasteiger partial charge is 0.251 e. The van der Waals surface area contributed by atoms with Gasteiger partial charge in [0.15, 0.2) is 0 Å². The van der Waals surface area contributed by atoms with Crippen LogP contribution in [0.5, 0.6) is 0 Å². The van der Waals surface area contributed by atoms with Gasteiger partial charge in [0.2, 0.25) is 0 Å². The molecule has 1 heterocycles. The summed E-state index contributed by atoms with van der Waals surface area (Å²) in [5.74, 6) is 0.167. The molecule has 0 spiro atoms. The zero-order chi connectivity index (χ0) is 16.7. The van der Waals surface area contributed by atoms with Crippen molar-refractivity contribution in [1.29, 1.82) is 0 Å². The number of rotatable bonds is 1. The molecule has 0 aromatic carbocycles.